The van der Waals surface area contributed by atoms with Gasteiger partial charge in [0, 0.05) is 6.54 Å². The van der Waals surface area contributed by atoms with Gasteiger partial charge in [0.1, 0.15) is 0 Å². The number of methoxy groups -OCH3 is 1. The molecule has 172 valence electrons. The van der Waals surface area contributed by atoms with Gasteiger partial charge in [-0.3, -0.25) is 9.69 Å². The Bertz CT molecular complexity index is 1070. The molecule has 3 aromatic rings. The van der Waals surface area contributed by atoms with Crippen LogP contribution in [0.1, 0.15) is 36.9 Å². The van der Waals surface area contributed by atoms with Crippen molar-refractivity contribution in [3.63, 3.8) is 0 Å². The van der Waals surface area contributed by atoms with E-state index in [0.717, 1.165) is 36.1 Å². The van der Waals surface area contributed by atoms with Gasteiger partial charge in [0.25, 0.3) is 0 Å². The number of ether oxygens (including phenoxy) is 2. The molecule has 3 aromatic carbocycles. The third-order valence-electron chi connectivity index (χ3n) is 6.30. The third kappa shape index (κ3) is 5.20. The third-order valence-corrected chi connectivity index (χ3v) is 6.30. The lowest BCUT2D eigenvalue weighted by atomic mass is 9.90. The Labute approximate surface area is 195 Å². The van der Waals surface area contributed by atoms with Crippen molar-refractivity contribution in [3.05, 3.63) is 83.9 Å². The largest absolute Gasteiger partial charge is 0.493 e. The van der Waals surface area contributed by atoms with Gasteiger partial charge in [-0.25, -0.2) is 0 Å². The molecule has 5 heteroatoms. The number of nitrogens with zero attached hydrogens (tertiary/aromatic N) is 1. The zero-order valence-electron chi connectivity index (χ0n) is 19.2. The Morgan fingerprint density at radius 2 is 1.70 bits per heavy atom. The minimum Gasteiger partial charge on any atom is -0.493 e. The number of carboxylic acid groups (broad SMARTS) is 1. The second-order valence-corrected chi connectivity index (χ2v) is 8.41. The molecule has 33 heavy (non-hydrogen) atoms. The van der Waals surface area contributed by atoms with E-state index in [1.165, 1.54) is 5.56 Å². The van der Waals surface area contributed by atoms with Crippen molar-refractivity contribution in [2.45, 2.75) is 25.8 Å². The molecule has 0 amide bonds. The van der Waals surface area contributed by atoms with Crippen LogP contribution in [0, 0.1) is 5.92 Å². The average Bonchev–Trinajstić information content (AvgIpc) is 2.86. The van der Waals surface area contributed by atoms with Crippen LogP contribution in [0.2, 0.25) is 0 Å². The van der Waals surface area contributed by atoms with Crippen LogP contribution < -0.4 is 9.47 Å². The molecular weight excluding hydrogens is 414 g/mol. The van der Waals surface area contributed by atoms with Crippen LogP contribution in [0.15, 0.2) is 72.8 Å². The number of likely N-dealkylation sites (tertiary alicyclic amines) is 1. The summed E-state index contributed by atoms with van der Waals surface area (Å²) in [4.78, 5) is 14.0. The van der Waals surface area contributed by atoms with Crippen molar-refractivity contribution in [3.8, 4) is 22.6 Å². The van der Waals surface area contributed by atoms with E-state index < -0.39 is 5.97 Å². The molecule has 5 nitrogen and oxygen atoms in total. The summed E-state index contributed by atoms with van der Waals surface area (Å²) in [6, 6.07) is 24.9. The second-order valence-electron chi connectivity index (χ2n) is 8.41. The van der Waals surface area contributed by atoms with Gasteiger partial charge in [0.2, 0.25) is 0 Å². The Morgan fingerprint density at radius 3 is 2.36 bits per heavy atom. The van der Waals surface area contributed by atoms with E-state index in [2.05, 4.69) is 47.4 Å². The Morgan fingerprint density at radius 1 is 1.00 bits per heavy atom. The van der Waals surface area contributed by atoms with Crippen LogP contribution in [0.3, 0.4) is 0 Å². The monoisotopic (exact) mass is 445 g/mol. The molecule has 0 aromatic heterocycles. The molecule has 2 atom stereocenters. The zero-order valence-corrected chi connectivity index (χ0v) is 19.2. The molecule has 4 rings (SSSR count). The van der Waals surface area contributed by atoms with Gasteiger partial charge in [-0.1, -0.05) is 60.7 Å². The van der Waals surface area contributed by atoms with Crippen LogP contribution in [0.5, 0.6) is 11.5 Å². The van der Waals surface area contributed by atoms with Crippen molar-refractivity contribution < 1.29 is 19.4 Å². The van der Waals surface area contributed by atoms with E-state index in [0.29, 0.717) is 24.7 Å². The molecule has 1 fully saturated rings. The van der Waals surface area contributed by atoms with Crippen molar-refractivity contribution >= 4 is 5.97 Å². The summed E-state index contributed by atoms with van der Waals surface area (Å²) in [6.45, 7) is 3.87. The molecule has 0 bridgehead atoms. The van der Waals surface area contributed by atoms with Crippen LogP contribution in [-0.4, -0.2) is 42.8 Å². The molecule has 0 spiro atoms. The first-order valence-electron chi connectivity index (χ1n) is 11.5. The predicted octanol–water partition coefficient (Wildman–Crippen LogP) is 5.65. The quantitative estimate of drug-likeness (QED) is 0.486. The first kappa shape index (κ1) is 22.9. The maximum absolute atomic E-state index is 11.8. The standard InChI is InChI=1S/C28H31NO4/c1-3-33-26-18-23(15-16-25(26)32-2)27(29-17-7-10-24(19-29)28(30)31)22-13-11-21(12-14-22)20-8-5-4-6-9-20/h4-6,8-9,11-16,18,24,27H,3,7,10,17,19H2,1-2H3,(H,30,31). The van der Waals surface area contributed by atoms with E-state index in [9.17, 15) is 9.90 Å². The summed E-state index contributed by atoms with van der Waals surface area (Å²) >= 11 is 0. The van der Waals surface area contributed by atoms with Crippen LogP contribution in [0.4, 0.5) is 0 Å². The molecule has 1 N–H and O–H groups in total. The molecule has 0 aliphatic carbocycles. The summed E-state index contributed by atoms with van der Waals surface area (Å²) in [5.74, 6) is 0.327. The fourth-order valence-corrected chi connectivity index (χ4v) is 4.68. The van der Waals surface area contributed by atoms with Crippen LogP contribution in [0.25, 0.3) is 11.1 Å². The van der Waals surface area contributed by atoms with Gasteiger partial charge in [0.05, 0.1) is 25.7 Å². The maximum Gasteiger partial charge on any atom is 0.307 e. The van der Waals surface area contributed by atoms with Gasteiger partial charge in [-0.15, -0.1) is 0 Å². The van der Waals surface area contributed by atoms with Crippen molar-refractivity contribution in [1.82, 2.24) is 4.90 Å². The number of aliphatic carboxylic acids is 1. The van der Waals surface area contributed by atoms with E-state index in [-0.39, 0.29) is 12.0 Å². The fourth-order valence-electron chi connectivity index (χ4n) is 4.68. The Hall–Kier alpha value is -3.31. The normalized spacial score (nSPS) is 17.3. The lowest BCUT2D eigenvalue weighted by Gasteiger charge is -2.38. The van der Waals surface area contributed by atoms with Gasteiger partial charge in [-0.05, 0) is 60.7 Å². The van der Waals surface area contributed by atoms with Crippen molar-refractivity contribution in [2.75, 3.05) is 26.8 Å². The second kappa shape index (κ2) is 10.5. The summed E-state index contributed by atoms with van der Waals surface area (Å²) in [5, 5.41) is 9.66. The Balaban J connectivity index is 1.73. The molecule has 1 heterocycles. The minimum absolute atomic E-state index is 0.0675. The van der Waals surface area contributed by atoms with Gasteiger partial charge in [0.15, 0.2) is 11.5 Å². The number of hydrogen-bond donors (Lipinski definition) is 1. The number of carbonyl (C=O) groups is 1. The van der Waals surface area contributed by atoms with Gasteiger partial charge in [-0.2, -0.15) is 0 Å². The highest BCUT2D eigenvalue weighted by atomic mass is 16.5. The smallest absolute Gasteiger partial charge is 0.307 e. The number of carboxylic acids is 1. The predicted molar refractivity (Wildman–Crippen MR) is 130 cm³/mol. The molecule has 0 saturated carbocycles. The molecule has 1 saturated heterocycles. The zero-order chi connectivity index (χ0) is 23.2. The number of rotatable bonds is 8. The Kier molecular flexibility index (Phi) is 7.30. The van der Waals surface area contributed by atoms with Crippen molar-refractivity contribution in [1.29, 1.82) is 0 Å². The van der Waals surface area contributed by atoms with E-state index >= 15 is 0 Å². The number of benzene rings is 3. The summed E-state index contributed by atoms with van der Waals surface area (Å²) in [7, 11) is 1.64. The van der Waals surface area contributed by atoms with Gasteiger partial charge < -0.3 is 14.6 Å². The molecule has 1 aliphatic heterocycles. The van der Waals surface area contributed by atoms with Crippen molar-refractivity contribution in [2.24, 2.45) is 5.92 Å². The SMILES string of the molecule is CCOc1cc(C(c2ccc(-c3ccccc3)cc2)N2CCCC(C(=O)O)C2)ccc1OC. The minimum atomic E-state index is -0.720. The average molecular weight is 446 g/mol. The van der Waals surface area contributed by atoms with Gasteiger partial charge >= 0.3 is 5.97 Å². The summed E-state index contributed by atoms with van der Waals surface area (Å²) in [6.07, 6.45) is 1.59. The van der Waals surface area contributed by atoms with E-state index in [1.54, 1.807) is 7.11 Å². The fraction of sp³-hybridized carbons (Fsp3) is 0.321. The first-order chi connectivity index (χ1) is 16.1. The first-order valence-corrected chi connectivity index (χ1v) is 11.5. The van der Waals surface area contributed by atoms with E-state index in [1.807, 2.05) is 37.3 Å². The number of piperidine rings is 1. The lowest BCUT2D eigenvalue weighted by molar-refractivity contribution is -0.143. The molecule has 1 aliphatic rings. The van der Waals surface area contributed by atoms with Crippen LogP contribution >= 0.6 is 0 Å². The highest BCUT2D eigenvalue weighted by molar-refractivity contribution is 5.70. The van der Waals surface area contributed by atoms with E-state index in [4.69, 9.17) is 9.47 Å². The lowest BCUT2D eigenvalue weighted by Crippen LogP contribution is -2.41. The summed E-state index contributed by atoms with van der Waals surface area (Å²) < 4.78 is 11.3. The molecular formula is C28H31NO4. The molecule has 0 radical (unpaired) electrons. The maximum atomic E-state index is 11.8. The summed E-state index contributed by atoms with van der Waals surface area (Å²) in [5.41, 5.74) is 4.53. The molecule has 2 unspecified atom stereocenters. The number of hydrogen-bond acceptors (Lipinski definition) is 4. The highest BCUT2D eigenvalue weighted by Gasteiger charge is 2.31. The topological polar surface area (TPSA) is 59.0 Å². The van der Waals surface area contributed by atoms with Crippen LogP contribution in [-0.2, 0) is 4.79 Å². The highest BCUT2D eigenvalue weighted by Crippen LogP contribution is 2.38.